The lowest BCUT2D eigenvalue weighted by atomic mass is 10.1. The molecule has 0 saturated carbocycles. The molecule has 0 aromatic heterocycles. The Balaban J connectivity index is 2.29. The molecule has 0 spiro atoms. The van der Waals surface area contributed by atoms with Crippen LogP contribution in [0, 0.1) is 0 Å². The highest BCUT2D eigenvalue weighted by atomic mass is 16.5. The summed E-state index contributed by atoms with van der Waals surface area (Å²) in [5.74, 6) is 0. The van der Waals surface area contributed by atoms with Gasteiger partial charge in [-0.25, -0.2) is 0 Å². The minimum Gasteiger partial charge on any atom is -0.394 e. The molecule has 3 heteroatoms. The zero-order valence-electron chi connectivity index (χ0n) is 8.73. The van der Waals surface area contributed by atoms with Gasteiger partial charge in [0.15, 0.2) is 0 Å². The van der Waals surface area contributed by atoms with E-state index in [-0.39, 0.29) is 19.3 Å². The number of rotatable bonds is 5. The van der Waals surface area contributed by atoms with Crippen LogP contribution in [0.2, 0.25) is 0 Å². The van der Waals surface area contributed by atoms with E-state index < -0.39 is 6.10 Å². The molecule has 0 aromatic rings. The Kier molecular flexibility index (Phi) is 4.32. The summed E-state index contributed by atoms with van der Waals surface area (Å²) in [4.78, 5) is 0. The monoisotopic (exact) mass is 198 g/mol. The molecule has 2 N–H and O–H groups in total. The Morgan fingerprint density at radius 2 is 2.29 bits per heavy atom. The van der Waals surface area contributed by atoms with Crippen LogP contribution in [0.25, 0.3) is 0 Å². The third-order valence-corrected chi connectivity index (χ3v) is 2.34. The maximum absolute atomic E-state index is 9.09. The van der Waals surface area contributed by atoms with Gasteiger partial charge >= 0.3 is 0 Å². The standard InChI is InChI=1S/C11H18O3/c1-8-3-4-10(5-8)9(2)14-7-11(13)6-12/h3,5,9,11-13H,4,6-7H2,1-2H3. The SMILES string of the molecule is CC1=CCC(C(C)OCC(O)CO)=C1. The van der Waals surface area contributed by atoms with Crippen LogP contribution in [0.1, 0.15) is 20.3 Å². The summed E-state index contributed by atoms with van der Waals surface area (Å²) < 4.78 is 5.42. The second kappa shape index (κ2) is 5.29. The Bertz CT molecular complexity index is 243. The van der Waals surface area contributed by atoms with Crippen molar-refractivity contribution in [3.63, 3.8) is 0 Å². The number of hydrogen-bond acceptors (Lipinski definition) is 3. The minimum absolute atomic E-state index is 0.0184. The van der Waals surface area contributed by atoms with E-state index in [0.717, 1.165) is 6.42 Å². The molecule has 2 atom stereocenters. The van der Waals surface area contributed by atoms with Crippen molar-refractivity contribution >= 4 is 0 Å². The quantitative estimate of drug-likeness (QED) is 0.693. The molecule has 1 aliphatic rings. The van der Waals surface area contributed by atoms with E-state index in [2.05, 4.69) is 19.1 Å². The first kappa shape index (κ1) is 11.4. The van der Waals surface area contributed by atoms with Gasteiger partial charge in [-0.05, 0) is 25.8 Å². The summed E-state index contributed by atoms with van der Waals surface area (Å²) in [7, 11) is 0. The number of aliphatic hydroxyl groups excluding tert-OH is 2. The first-order valence-corrected chi connectivity index (χ1v) is 4.91. The molecule has 0 bridgehead atoms. The summed E-state index contributed by atoms with van der Waals surface area (Å²) >= 11 is 0. The van der Waals surface area contributed by atoms with Gasteiger partial charge in [-0.2, -0.15) is 0 Å². The van der Waals surface area contributed by atoms with Gasteiger partial charge in [0.25, 0.3) is 0 Å². The van der Waals surface area contributed by atoms with Crippen molar-refractivity contribution in [2.75, 3.05) is 13.2 Å². The molecular weight excluding hydrogens is 180 g/mol. The molecule has 80 valence electrons. The highest BCUT2D eigenvalue weighted by molar-refractivity contribution is 5.32. The van der Waals surface area contributed by atoms with Gasteiger partial charge in [-0.1, -0.05) is 17.7 Å². The predicted octanol–water partition coefficient (Wildman–Crippen LogP) is 1.02. The first-order valence-electron chi connectivity index (χ1n) is 4.91. The molecule has 0 aromatic carbocycles. The highest BCUT2D eigenvalue weighted by Crippen LogP contribution is 2.21. The van der Waals surface area contributed by atoms with Gasteiger partial charge in [0.2, 0.25) is 0 Å². The molecule has 0 fully saturated rings. The van der Waals surface area contributed by atoms with E-state index in [1.54, 1.807) is 0 Å². The van der Waals surface area contributed by atoms with Gasteiger partial charge in [0.05, 0.1) is 19.3 Å². The normalized spacial score (nSPS) is 20.3. The van der Waals surface area contributed by atoms with E-state index in [9.17, 15) is 0 Å². The summed E-state index contributed by atoms with van der Waals surface area (Å²) in [6.07, 6.45) is 4.44. The molecule has 14 heavy (non-hydrogen) atoms. The van der Waals surface area contributed by atoms with Crippen molar-refractivity contribution < 1.29 is 14.9 Å². The third kappa shape index (κ3) is 3.25. The summed E-state index contributed by atoms with van der Waals surface area (Å²) in [5.41, 5.74) is 2.49. The van der Waals surface area contributed by atoms with Crippen molar-refractivity contribution in [2.24, 2.45) is 0 Å². The zero-order chi connectivity index (χ0) is 10.6. The molecule has 2 unspecified atom stereocenters. The van der Waals surface area contributed by atoms with Crippen LogP contribution in [-0.4, -0.2) is 35.6 Å². The van der Waals surface area contributed by atoms with E-state index in [4.69, 9.17) is 14.9 Å². The van der Waals surface area contributed by atoms with Crippen molar-refractivity contribution in [2.45, 2.75) is 32.5 Å². The topological polar surface area (TPSA) is 49.7 Å². The lowest BCUT2D eigenvalue weighted by Crippen LogP contribution is -2.23. The van der Waals surface area contributed by atoms with Crippen molar-refractivity contribution in [3.05, 3.63) is 23.3 Å². The van der Waals surface area contributed by atoms with E-state index in [1.807, 2.05) is 6.92 Å². The number of aliphatic hydroxyl groups is 2. The highest BCUT2D eigenvalue weighted by Gasteiger charge is 2.13. The fourth-order valence-corrected chi connectivity index (χ4v) is 1.39. The van der Waals surface area contributed by atoms with E-state index in [0.29, 0.717) is 0 Å². The minimum atomic E-state index is -0.770. The van der Waals surface area contributed by atoms with Crippen molar-refractivity contribution in [1.29, 1.82) is 0 Å². The molecule has 0 amide bonds. The lowest BCUT2D eigenvalue weighted by Gasteiger charge is -2.16. The summed E-state index contributed by atoms with van der Waals surface area (Å²) in [5, 5.41) is 17.7. The molecule has 3 nitrogen and oxygen atoms in total. The van der Waals surface area contributed by atoms with Crippen LogP contribution in [0.3, 0.4) is 0 Å². The van der Waals surface area contributed by atoms with Crippen LogP contribution in [0.15, 0.2) is 23.3 Å². The maximum Gasteiger partial charge on any atom is 0.100 e. The van der Waals surface area contributed by atoms with Crippen molar-refractivity contribution in [1.82, 2.24) is 0 Å². The largest absolute Gasteiger partial charge is 0.394 e. The van der Waals surface area contributed by atoms with Crippen LogP contribution in [-0.2, 0) is 4.74 Å². The second-order valence-corrected chi connectivity index (χ2v) is 3.68. The Hall–Kier alpha value is -0.640. The zero-order valence-corrected chi connectivity index (χ0v) is 8.73. The Labute approximate surface area is 84.7 Å². The molecule has 1 rings (SSSR count). The molecule has 0 radical (unpaired) electrons. The summed E-state index contributed by atoms with van der Waals surface area (Å²) in [6, 6.07) is 0. The molecule has 0 aliphatic heterocycles. The third-order valence-electron chi connectivity index (χ3n) is 2.34. The number of hydrogen-bond donors (Lipinski definition) is 2. The molecule has 0 saturated heterocycles. The number of allylic oxidation sites excluding steroid dienone is 3. The summed E-state index contributed by atoms with van der Waals surface area (Å²) in [6.45, 7) is 3.96. The number of ether oxygens (including phenoxy) is 1. The lowest BCUT2D eigenvalue weighted by molar-refractivity contribution is -0.0121. The second-order valence-electron chi connectivity index (χ2n) is 3.68. The van der Waals surface area contributed by atoms with E-state index in [1.165, 1.54) is 11.1 Å². The molecule has 1 aliphatic carbocycles. The van der Waals surface area contributed by atoms with Crippen molar-refractivity contribution in [3.8, 4) is 0 Å². The Morgan fingerprint density at radius 3 is 2.79 bits per heavy atom. The molecule has 0 heterocycles. The first-order chi connectivity index (χ1) is 6.63. The van der Waals surface area contributed by atoms with Gasteiger partial charge in [-0.15, -0.1) is 0 Å². The van der Waals surface area contributed by atoms with Gasteiger partial charge in [-0.3, -0.25) is 0 Å². The van der Waals surface area contributed by atoms with Crippen LogP contribution >= 0.6 is 0 Å². The van der Waals surface area contributed by atoms with Gasteiger partial charge in [0, 0.05) is 0 Å². The van der Waals surface area contributed by atoms with Gasteiger partial charge < -0.3 is 14.9 Å². The van der Waals surface area contributed by atoms with E-state index >= 15 is 0 Å². The van der Waals surface area contributed by atoms with Crippen LogP contribution < -0.4 is 0 Å². The van der Waals surface area contributed by atoms with Gasteiger partial charge in [0.1, 0.15) is 6.10 Å². The van der Waals surface area contributed by atoms with Crippen LogP contribution in [0.4, 0.5) is 0 Å². The molecular formula is C11H18O3. The average Bonchev–Trinajstić information content (AvgIpc) is 2.60. The smallest absolute Gasteiger partial charge is 0.100 e. The average molecular weight is 198 g/mol. The fourth-order valence-electron chi connectivity index (χ4n) is 1.39. The van der Waals surface area contributed by atoms with Crippen LogP contribution in [0.5, 0.6) is 0 Å². The fraction of sp³-hybridized carbons (Fsp3) is 0.636. The predicted molar refractivity (Wildman–Crippen MR) is 55.0 cm³/mol. The maximum atomic E-state index is 9.09. The Morgan fingerprint density at radius 1 is 1.57 bits per heavy atom.